The van der Waals surface area contributed by atoms with Gasteiger partial charge in [-0.15, -0.1) is 0 Å². The number of aryl methyl sites for hydroxylation is 1. The first kappa shape index (κ1) is 11.9. The van der Waals surface area contributed by atoms with E-state index in [2.05, 4.69) is 27.1 Å². The van der Waals surface area contributed by atoms with Crippen LogP contribution in [0.25, 0.3) is 11.0 Å². The quantitative estimate of drug-likeness (QED) is 0.744. The molecule has 0 atom stereocenters. The molecule has 1 aromatic carbocycles. The number of hydrogen-bond donors (Lipinski definition) is 1. The van der Waals surface area contributed by atoms with Crippen molar-refractivity contribution in [2.45, 2.75) is 13.3 Å². The Hall–Kier alpha value is -2.14. The summed E-state index contributed by atoms with van der Waals surface area (Å²) < 4.78 is 5.86. The fourth-order valence-corrected chi connectivity index (χ4v) is 2.02. The summed E-state index contributed by atoms with van der Waals surface area (Å²) in [5.74, 6) is 1.17. The van der Waals surface area contributed by atoms with Crippen molar-refractivity contribution in [1.29, 1.82) is 0 Å². The summed E-state index contributed by atoms with van der Waals surface area (Å²) in [6.07, 6.45) is 2.50. The summed E-state index contributed by atoms with van der Waals surface area (Å²) in [7, 11) is 0. The Morgan fingerprint density at radius 3 is 2.95 bits per heavy atom. The van der Waals surface area contributed by atoms with Crippen LogP contribution in [0.2, 0.25) is 5.28 Å². The van der Waals surface area contributed by atoms with Gasteiger partial charge in [-0.1, -0.05) is 25.1 Å². The molecular formula is C13H11ClN4O. The van der Waals surface area contributed by atoms with E-state index < -0.39 is 0 Å². The van der Waals surface area contributed by atoms with Gasteiger partial charge in [-0.2, -0.15) is 15.1 Å². The lowest BCUT2D eigenvalue weighted by Gasteiger charge is -2.09. The number of nitrogens with one attached hydrogen (secondary N) is 1. The van der Waals surface area contributed by atoms with Crippen LogP contribution in [0, 0.1) is 0 Å². The average molecular weight is 275 g/mol. The van der Waals surface area contributed by atoms with Crippen molar-refractivity contribution in [3.63, 3.8) is 0 Å². The first-order chi connectivity index (χ1) is 9.28. The molecule has 5 nitrogen and oxygen atoms in total. The van der Waals surface area contributed by atoms with Crippen molar-refractivity contribution < 1.29 is 4.74 Å². The van der Waals surface area contributed by atoms with Crippen molar-refractivity contribution in [2.24, 2.45) is 0 Å². The van der Waals surface area contributed by atoms with Crippen LogP contribution in [-0.2, 0) is 6.42 Å². The number of H-pyrrole nitrogens is 1. The number of aromatic nitrogens is 4. The molecule has 96 valence electrons. The van der Waals surface area contributed by atoms with Crippen LogP contribution < -0.4 is 4.74 Å². The minimum Gasteiger partial charge on any atom is -0.438 e. The van der Waals surface area contributed by atoms with Crippen molar-refractivity contribution in [1.82, 2.24) is 20.2 Å². The maximum absolute atomic E-state index is 5.87. The van der Waals surface area contributed by atoms with Crippen LogP contribution in [0.15, 0.2) is 30.5 Å². The number of hydrogen-bond acceptors (Lipinski definition) is 4. The first-order valence-electron chi connectivity index (χ1n) is 5.90. The van der Waals surface area contributed by atoms with Gasteiger partial charge < -0.3 is 4.74 Å². The standard InChI is InChI=1S/C13H11ClN4O/c1-2-8-5-3-4-6-10(8)19-12-9-7-15-18-11(9)16-13(14)17-12/h3-7H,2H2,1H3,(H,15,16,17,18). The van der Waals surface area contributed by atoms with Gasteiger partial charge in [0.1, 0.15) is 11.1 Å². The van der Waals surface area contributed by atoms with Gasteiger partial charge in [0.25, 0.3) is 0 Å². The number of para-hydroxylation sites is 1. The first-order valence-corrected chi connectivity index (χ1v) is 6.28. The second-order valence-corrected chi connectivity index (χ2v) is 4.33. The van der Waals surface area contributed by atoms with Crippen molar-refractivity contribution in [3.8, 4) is 11.6 Å². The van der Waals surface area contributed by atoms with Crippen molar-refractivity contribution >= 4 is 22.6 Å². The third kappa shape index (κ3) is 2.24. The maximum Gasteiger partial charge on any atom is 0.234 e. The van der Waals surface area contributed by atoms with Gasteiger partial charge in [-0.05, 0) is 29.7 Å². The molecule has 0 bridgehead atoms. The molecule has 0 amide bonds. The van der Waals surface area contributed by atoms with E-state index in [1.54, 1.807) is 6.20 Å². The Balaban J connectivity index is 2.07. The van der Waals surface area contributed by atoms with Crippen LogP contribution in [-0.4, -0.2) is 20.2 Å². The molecule has 0 radical (unpaired) electrons. The molecular weight excluding hydrogens is 264 g/mol. The van der Waals surface area contributed by atoms with Crippen LogP contribution in [0.1, 0.15) is 12.5 Å². The summed E-state index contributed by atoms with van der Waals surface area (Å²) in [4.78, 5) is 8.15. The molecule has 0 saturated carbocycles. The Morgan fingerprint density at radius 2 is 2.11 bits per heavy atom. The minimum atomic E-state index is 0.126. The molecule has 0 unspecified atom stereocenters. The molecule has 0 aliphatic carbocycles. The smallest absolute Gasteiger partial charge is 0.234 e. The van der Waals surface area contributed by atoms with Gasteiger partial charge in [-0.25, -0.2) is 0 Å². The molecule has 0 aliphatic rings. The number of halogens is 1. The molecule has 0 saturated heterocycles. The molecule has 3 rings (SSSR count). The van der Waals surface area contributed by atoms with E-state index in [4.69, 9.17) is 16.3 Å². The lowest BCUT2D eigenvalue weighted by atomic mass is 10.1. The third-order valence-corrected chi connectivity index (χ3v) is 2.98. The molecule has 2 aromatic heterocycles. The average Bonchev–Trinajstić information content (AvgIpc) is 2.87. The summed E-state index contributed by atoms with van der Waals surface area (Å²) >= 11 is 5.87. The van der Waals surface area contributed by atoms with E-state index in [1.165, 1.54) is 0 Å². The largest absolute Gasteiger partial charge is 0.438 e. The summed E-state index contributed by atoms with van der Waals surface area (Å²) in [6.45, 7) is 2.07. The molecule has 3 aromatic rings. The molecule has 19 heavy (non-hydrogen) atoms. The van der Waals surface area contributed by atoms with Crippen molar-refractivity contribution in [2.75, 3.05) is 0 Å². The Bertz CT molecular complexity index is 725. The normalized spacial score (nSPS) is 10.8. The SMILES string of the molecule is CCc1ccccc1Oc1nc(Cl)nc2[nH]ncc12. The van der Waals surface area contributed by atoms with Gasteiger partial charge in [0.2, 0.25) is 11.2 Å². The number of ether oxygens (including phenoxy) is 1. The number of rotatable bonds is 3. The molecule has 0 spiro atoms. The predicted octanol–water partition coefficient (Wildman–Crippen LogP) is 3.36. The zero-order valence-electron chi connectivity index (χ0n) is 10.2. The molecule has 0 aliphatic heterocycles. The molecule has 6 heteroatoms. The highest BCUT2D eigenvalue weighted by Gasteiger charge is 2.12. The highest BCUT2D eigenvalue weighted by atomic mass is 35.5. The fourth-order valence-electron chi connectivity index (χ4n) is 1.86. The Morgan fingerprint density at radius 1 is 1.26 bits per heavy atom. The molecule has 0 fully saturated rings. The molecule has 1 N–H and O–H groups in total. The van der Waals surface area contributed by atoms with Crippen LogP contribution in [0.5, 0.6) is 11.6 Å². The minimum absolute atomic E-state index is 0.126. The second kappa shape index (κ2) is 4.85. The van der Waals surface area contributed by atoms with Gasteiger partial charge in [0.05, 0.1) is 6.20 Å². The lowest BCUT2D eigenvalue weighted by molar-refractivity contribution is 0.463. The van der Waals surface area contributed by atoms with E-state index in [-0.39, 0.29) is 5.28 Å². The van der Waals surface area contributed by atoms with Gasteiger partial charge in [0.15, 0.2) is 5.65 Å². The van der Waals surface area contributed by atoms with E-state index >= 15 is 0 Å². The van der Waals surface area contributed by atoms with Gasteiger partial charge in [-0.3, -0.25) is 5.10 Å². The number of fused-ring (bicyclic) bond motifs is 1. The number of aromatic amines is 1. The molecule has 2 heterocycles. The third-order valence-electron chi connectivity index (χ3n) is 2.81. The Kier molecular flexibility index (Phi) is 3.05. The van der Waals surface area contributed by atoms with Crippen LogP contribution in [0.4, 0.5) is 0 Å². The number of benzene rings is 1. The van der Waals surface area contributed by atoms with Crippen LogP contribution >= 0.6 is 11.6 Å². The monoisotopic (exact) mass is 274 g/mol. The van der Waals surface area contributed by atoms with E-state index in [0.29, 0.717) is 16.9 Å². The van der Waals surface area contributed by atoms with Crippen LogP contribution in [0.3, 0.4) is 0 Å². The van der Waals surface area contributed by atoms with E-state index in [1.807, 2.05) is 24.3 Å². The lowest BCUT2D eigenvalue weighted by Crippen LogP contribution is -1.94. The van der Waals surface area contributed by atoms with Gasteiger partial charge in [0, 0.05) is 0 Å². The summed E-state index contributed by atoms with van der Waals surface area (Å²) in [5.41, 5.74) is 1.66. The topological polar surface area (TPSA) is 63.7 Å². The zero-order valence-corrected chi connectivity index (χ0v) is 11.0. The van der Waals surface area contributed by atoms with Gasteiger partial charge >= 0.3 is 0 Å². The predicted molar refractivity (Wildman–Crippen MR) is 72.6 cm³/mol. The van der Waals surface area contributed by atoms with Crippen molar-refractivity contribution in [3.05, 3.63) is 41.3 Å². The maximum atomic E-state index is 5.87. The van der Waals surface area contributed by atoms with E-state index in [9.17, 15) is 0 Å². The zero-order chi connectivity index (χ0) is 13.2. The highest BCUT2D eigenvalue weighted by Crippen LogP contribution is 2.29. The second-order valence-electron chi connectivity index (χ2n) is 3.99. The van der Waals surface area contributed by atoms with E-state index in [0.717, 1.165) is 17.7 Å². The summed E-state index contributed by atoms with van der Waals surface area (Å²) in [6, 6.07) is 7.82. The highest BCUT2D eigenvalue weighted by molar-refractivity contribution is 6.28. The summed E-state index contributed by atoms with van der Waals surface area (Å²) in [5, 5.41) is 7.50. The number of nitrogens with zero attached hydrogens (tertiary/aromatic N) is 3. The fraction of sp³-hybridized carbons (Fsp3) is 0.154. The Labute approximate surface area is 114 Å².